The molecule has 1 aromatic heterocycles. The average molecular weight is 284 g/mol. The van der Waals surface area contributed by atoms with Gasteiger partial charge in [0.05, 0.1) is 16.6 Å². The molecule has 0 aliphatic carbocycles. The molecule has 6 nitrogen and oxygen atoms in total. The van der Waals surface area contributed by atoms with Gasteiger partial charge >= 0.3 is 5.97 Å². The first-order valence-electron chi connectivity index (χ1n) is 6.05. The van der Waals surface area contributed by atoms with Gasteiger partial charge in [0, 0.05) is 19.8 Å². The highest BCUT2D eigenvalue weighted by atomic mass is 32.1. The third-order valence-electron chi connectivity index (χ3n) is 3.44. The molecule has 1 aliphatic rings. The van der Waals surface area contributed by atoms with Gasteiger partial charge in [-0.3, -0.25) is 9.59 Å². The van der Waals surface area contributed by atoms with Gasteiger partial charge in [-0.2, -0.15) is 0 Å². The third-order valence-corrected chi connectivity index (χ3v) is 4.37. The van der Waals surface area contributed by atoms with Crippen LogP contribution in [0, 0.1) is 12.3 Å². The van der Waals surface area contributed by atoms with Gasteiger partial charge < -0.3 is 15.2 Å². The van der Waals surface area contributed by atoms with Gasteiger partial charge in [-0.05, 0) is 19.8 Å². The molecule has 104 valence electrons. The van der Waals surface area contributed by atoms with E-state index in [0.29, 0.717) is 36.6 Å². The molecule has 1 fully saturated rings. The van der Waals surface area contributed by atoms with Crippen LogP contribution in [0.4, 0.5) is 0 Å². The lowest BCUT2D eigenvalue weighted by Gasteiger charge is -2.33. The average Bonchev–Trinajstić information content (AvgIpc) is 2.83. The maximum Gasteiger partial charge on any atom is 0.311 e. The Labute approximate surface area is 114 Å². The fourth-order valence-electron chi connectivity index (χ4n) is 2.08. The molecule has 1 amide bonds. The topological polar surface area (TPSA) is 88.5 Å². The Morgan fingerprint density at radius 1 is 1.53 bits per heavy atom. The minimum atomic E-state index is -0.910. The highest BCUT2D eigenvalue weighted by molar-refractivity contribution is 7.11. The lowest BCUT2D eigenvalue weighted by Crippen LogP contribution is -2.46. The van der Waals surface area contributed by atoms with Crippen molar-refractivity contribution in [2.24, 2.45) is 5.41 Å². The van der Waals surface area contributed by atoms with Crippen LogP contribution in [0.5, 0.6) is 0 Å². The number of aliphatic carboxylic acids is 1. The van der Waals surface area contributed by atoms with E-state index in [1.165, 1.54) is 11.3 Å². The Bertz CT molecular complexity index is 480. The van der Waals surface area contributed by atoms with Gasteiger partial charge in [0.2, 0.25) is 0 Å². The number of rotatable bonds is 4. The van der Waals surface area contributed by atoms with Crippen molar-refractivity contribution in [1.82, 2.24) is 10.3 Å². The van der Waals surface area contributed by atoms with E-state index in [2.05, 4.69) is 10.3 Å². The summed E-state index contributed by atoms with van der Waals surface area (Å²) in [4.78, 5) is 27.9. The second-order valence-electron chi connectivity index (χ2n) is 4.65. The number of nitrogens with one attached hydrogen (secondary N) is 1. The summed E-state index contributed by atoms with van der Waals surface area (Å²) in [5, 5.41) is 12.1. The summed E-state index contributed by atoms with van der Waals surface area (Å²) in [6, 6.07) is 0. The molecule has 2 N–H and O–H groups in total. The number of carboxylic acid groups (broad SMARTS) is 1. The molecule has 7 heteroatoms. The van der Waals surface area contributed by atoms with Gasteiger partial charge in [-0.15, -0.1) is 11.3 Å². The second kappa shape index (κ2) is 5.66. The minimum Gasteiger partial charge on any atom is -0.481 e. The fraction of sp³-hybridized carbons (Fsp3) is 0.583. The molecule has 0 spiro atoms. The number of thiazole rings is 1. The van der Waals surface area contributed by atoms with Gasteiger partial charge in [-0.25, -0.2) is 4.98 Å². The molecule has 1 aliphatic heterocycles. The highest BCUT2D eigenvalue weighted by Crippen LogP contribution is 2.30. The van der Waals surface area contributed by atoms with Crippen LogP contribution in [0.1, 0.15) is 28.2 Å². The third kappa shape index (κ3) is 2.93. The zero-order valence-electron chi connectivity index (χ0n) is 10.6. The second-order valence-corrected chi connectivity index (χ2v) is 5.50. The molecule has 19 heavy (non-hydrogen) atoms. The van der Waals surface area contributed by atoms with Gasteiger partial charge in [0.15, 0.2) is 0 Å². The SMILES string of the molecule is Cc1ncsc1C(=O)NCC1(C(=O)O)CCOCC1. The Kier molecular flexibility index (Phi) is 4.16. The van der Waals surface area contributed by atoms with Crippen LogP contribution in [0.15, 0.2) is 5.51 Å². The van der Waals surface area contributed by atoms with Crippen LogP contribution in [-0.4, -0.2) is 41.7 Å². The highest BCUT2D eigenvalue weighted by Gasteiger charge is 2.40. The maximum atomic E-state index is 12.0. The number of hydrogen-bond acceptors (Lipinski definition) is 5. The number of carboxylic acids is 1. The number of aryl methyl sites for hydroxylation is 1. The van der Waals surface area contributed by atoms with E-state index in [1.807, 2.05) is 0 Å². The summed E-state index contributed by atoms with van der Waals surface area (Å²) in [6.07, 6.45) is 0.842. The quantitative estimate of drug-likeness (QED) is 0.863. The molecular weight excluding hydrogens is 268 g/mol. The maximum absolute atomic E-state index is 12.0. The first-order valence-corrected chi connectivity index (χ1v) is 6.92. The van der Waals surface area contributed by atoms with Crippen molar-refractivity contribution in [3.8, 4) is 0 Å². The van der Waals surface area contributed by atoms with Gasteiger partial charge in [-0.1, -0.05) is 0 Å². The molecule has 0 bridgehead atoms. The molecule has 2 rings (SSSR count). The largest absolute Gasteiger partial charge is 0.481 e. The Morgan fingerprint density at radius 2 is 2.21 bits per heavy atom. The van der Waals surface area contributed by atoms with Crippen molar-refractivity contribution in [3.05, 3.63) is 16.1 Å². The van der Waals surface area contributed by atoms with Crippen molar-refractivity contribution in [2.75, 3.05) is 19.8 Å². The Balaban J connectivity index is 2.02. The summed E-state index contributed by atoms with van der Waals surface area (Å²) in [5.74, 6) is -1.13. The molecule has 0 aromatic carbocycles. The summed E-state index contributed by atoms with van der Waals surface area (Å²) in [5.41, 5.74) is 1.36. The van der Waals surface area contributed by atoms with E-state index in [-0.39, 0.29) is 12.5 Å². The number of ether oxygens (including phenoxy) is 1. The summed E-state index contributed by atoms with van der Waals surface area (Å²) >= 11 is 1.26. The van der Waals surface area contributed by atoms with Crippen LogP contribution >= 0.6 is 11.3 Å². The first kappa shape index (κ1) is 14.0. The normalized spacial score (nSPS) is 17.9. The van der Waals surface area contributed by atoms with E-state index in [4.69, 9.17) is 4.74 Å². The summed E-state index contributed by atoms with van der Waals surface area (Å²) < 4.78 is 5.19. The number of carbonyl (C=O) groups excluding carboxylic acids is 1. The molecule has 0 saturated carbocycles. The van der Waals surface area contributed by atoms with Crippen molar-refractivity contribution < 1.29 is 19.4 Å². The van der Waals surface area contributed by atoms with Crippen molar-refractivity contribution in [3.63, 3.8) is 0 Å². The molecule has 1 aromatic rings. The van der Waals surface area contributed by atoms with E-state index in [9.17, 15) is 14.7 Å². The van der Waals surface area contributed by atoms with Crippen LogP contribution in [0.3, 0.4) is 0 Å². The van der Waals surface area contributed by atoms with E-state index >= 15 is 0 Å². The van der Waals surface area contributed by atoms with Crippen molar-refractivity contribution in [2.45, 2.75) is 19.8 Å². The zero-order valence-corrected chi connectivity index (χ0v) is 11.5. The molecule has 1 saturated heterocycles. The smallest absolute Gasteiger partial charge is 0.311 e. The molecule has 2 heterocycles. The molecule has 0 radical (unpaired) electrons. The lowest BCUT2D eigenvalue weighted by atomic mass is 9.80. The Morgan fingerprint density at radius 3 is 2.74 bits per heavy atom. The molecule has 0 atom stereocenters. The predicted molar refractivity (Wildman–Crippen MR) is 69.3 cm³/mol. The summed E-state index contributed by atoms with van der Waals surface area (Å²) in [6.45, 7) is 2.72. The Hall–Kier alpha value is -1.47. The molecule has 0 unspecified atom stereocenters. The first-order chi connectivity index (χ1) is 9.05. The van der Waals surface area contributed by atoms with Gasteiger partial charge in [0.1, 0.15) is 4.88 Å². The van der Waals surface area contributed by atoms with Crippen LogP contribution in [0.2, 0.25) is 0 Å². The van der Waals surface area contributed by atoms with Gasteiger partial charge in [0.25, 0.3) is 5.91 Å². The number of aromatic nitrogens is 1. The van der Waals surface area contributed by atoms with Crippen LogP contribution in [-0.2, 0) is 9.53 Å². The number of nitrogens with zero attached hydrogens (tertiary/aromatic N) is 1. The lowest BCUT2D eigenvalue weighted by molar-refractivity contribution is -0.154. The van der Waals surface area contributed by atoms with Crippen molar-refractivity contribution >= 4 is 23.2 Å². The number of amides is 1. The van der Waals surface area contributed by atoms with E-state index < -0.39 is 11.4 Å². The minimum absolute atomic E-state index is 0.127. The zero-order chi connectivity index (χ0) is 13.9. The van der Waals surface area contributed by atoms with Crippen LogP contribution < -0.4 is 5.32 Å². The standard InChI is InChI=1S/C12H16N2O4S/c1-8-9(19-7-14-8)10(15)13-6-12(11(16)17)2-4-18-5-3-12/h7H,2-6H2,1H3,(H,13,15)(H,16,17). The summed E-state index contributed by atoms with van der Waals surface area (Å²) in [7, 11) is 0. The predicted octanol–water partition coefficient (Wildman–Crippen LogP) is 1.06. The van der Waals surface area contributed by atoms with E-state index in [0.717, 1.165) is 0 Å². The monoisotopic (exact) mass is 284 g/mol. The van der Waals surface area contributed by atoms with Crippen LogP contribution in [0.25, 0.3) is 0 Å². The van der Waals surface area contributed by atoms with E-state index in [1.54, 1.807) is 12.4 Å². The number of carbonyl (C=O) groups is 2. The fourth-order valence-corrected chi connectivity index (χ4v) is 2.80. The molecular formula is C12H16N2O4S. The number of hydrogen-bond donors (Lipinski definition) is 2. The van der Waals surface area contributed by atoms with Crippen molar-refractivity contribution in [1.29, 1.82) is 0 Å².